The lowest BCUT2D eigenvalue weighted by atomic mass is 9.81. The first-order valence-electron chi connectivity index (χ1n) is 9.63. The minimum absolute atomic E-state index is 0.0122. The Morgan fingerprint density at radius 2 is 2.03 bits per heavy atom. The third kappa shape index (κ3) is 3.75. The van der Waals surface area contributed by atoms with Gasteiger partial charge in [-0.05, 0) is 30.2 Å². The molecule has 2 aliphatic heterocycles. The van der Waals surface area contributed by atoms with E-state index in [1.165, 1.54) is 6.20 Å². The van der Waals surface area contributed by atoms with Gasteiger partial charge < -0.3 is 15.2 Å². The maximum Gasteiger partial charge on any atom is 0.417 e. The number of nitrogens with two attached hydrogens (primary N) is 1. The molecule has 2 unspecified atom stereocenters. The number of nitrogens with zero attached hydrogens (tertiary/aromatic N) is 2. The van der Waals surface area contributed by atoms with Gasteiger partial charge >= 0.3 is 6.18 Å². The molecule has 3 heterocycles. The van der Waals surface area contributed by atoms with Gasteiger partial charge in [0.15, 0.2) is 0 Å². The van der Waals surface area contributed by atoms with E-state index in [2.05, 4.69) is 16.9 Å². The van der Waals surface area contributed by atoms with E-state index >= 15 is 0 Å². The van der Waals surface area contributed by atoms with Crippen molar-refractivity contribution in [3.8, 4) is 16.9 Å². The van der Waals surface area contributed by atoms with Gasteiger partial charge in [-0.2, -0.15) is 13.2 Å². The number of rotatable bonds is 4. The highest BCUT2D eigenvalue weighted by atomic mass is 19.4. The molecule has 0 bridgehead atoms. The number of fused-ring (bicyclic) bond motifs is 2. The number of aromatic nitrogens is 1. The molecule has 2 atom stereocenters. The number of hydrogen-bond donors (Lipinski definition) is 1. The van der Waals surface area contributed by atoms with E-state index in [-0.39, 0.29) is 12.1 Å². The van der Waals surface area contributed by atoms with Crippen molar-refractivity contribution in [3.05, 3.63) is 47.8 Å². The number of unbranched alkanes of at least 4 members (excludes halogenated alkanes) is 1. The summed E-state index contributed by atoms with van der Waals surface area (Å²) >= 11 is 0. The van der Waals surface area contributed by atoms with Crippen molar-refractivity contribution in [2.24, 2.45) is 10.7 Å². The number of halogens is 3. The molecule has 0 amide bonds. The average molecular weight is 405 g/mol. The van der Waals surface area contributed by atoms with Crippen LogP contribution in [0.4, 0.5) is 13.2 Å². The number of hydrogen-bond acceptors (Lipinski definition) is 5. The molecule has 0 saturated carbocycles. The number of ether oxygens (including phenoxy) is 2. The molecule has 5 nitrogen and oxygen atoms in total. The number of benzene rings is 1. The van der Waals surface area contributed by atoms with Crippen LogP contribution in [0.25, 0.3) is 11.1 Å². The standard InChI is InChI=1S/C21H22F3N3O2/c1-2-3-4-16-9-20(12-28-19(25)27-20)17-8-13(5-6-18(17)29-16)14-7-15(11-26-10-14)21(22,23)24/h5-8,10-11,16H,2-4,9,12H2,1H3,(H2,25,27). The Bertz CT molecular complexity index is 945. The molecular formula is C21H22F3N3O2. The van der Waals surface area contributed by atoms with Crippen LogP contribution in [0.15, 0.2) is 41.7 Å². The van der Waals surface area contributed by atoms with Gasteiger partial charge in [-0.25, -0.2) is 4.99 Å². The molecule has 1 aromatic carbocycles. The number of amidine groups is 1. The van der Waals surface area contributed by atoms with Gasteiger partial charge in [0.05, 0.1) is 5.56 Å². The zero-order valence-corrected chi connectivity index (χ0v) is 16.0. The number of alkyl halides is 3. The Kier molecular flexibility index (Phi) is 4.88. The van der Waals surface area contributed by atoms with Crippen LogP contribution in [0.2, 0.25) is 0 Å². The minimum atomic E-state index is -4.45. The smallest absolute Gasteiger partial charge is 0.417 e. The van der Waals surface area contributed by atoms with Crippen LogP contribution in [0.5, 0.6) is 5.75 Å². The van der Waals surface area contributed by atoms with Crippen LogP contribution in [0, 0.1) is 0 Å². The summed E-state index contributed by atoms with van der Waals surface area (Å²) in [6.45, 7) is 2.42. The summed E-state index contributed by atoms with van der Waals surface area (Å²) in [5.41, 5.74) is 6.11. The van der Waals surface area contributed by atoms with E-state index in [4.69, 9.17) is 15.2 Å². The van der Waals surface area contributed by atoms with E-state index in [9.17, 15) is 13.2 Å². The lowest BCUT2D eigenvalue weighted by Gasteiger charge is -2.37. The van der Waals surface area contributed by atoms with Crippen molar-refractivity contribution in [1.29, 1.82) is 0 Å². The third-order valence-corrected chi connectivity index (χ3v) is 5.40. The predicted molar refractivity (Wildman–Crippen MR) is 102 cm³/mol. The number of aliphatic imine (C=N–C) groups is 1. The topological polar surface area (TPSA) is 69.7 Å². The summed E-state index contributed by atoms with van der Waals surface area (Å²) < 4.78 is 50.9. The molecule has 2 aliphatic rings. The molecule has 1 aromatic heterocycles. The summed E-state index contributed by atoms with van der Waals surface area (Å²) in [4.78, 5) is 8.33. The highest BCUT2D eigenvalue weighted by molar-refractivity contribution is 5.75. The molecule has 0 fully saturated rings. The van der Waals surface area contributed by atoms with E-state index in [1.807, 2.05) is 6.07 Å². The van der Waals surface area contributed by atoms with Crippen LogP contribution >= 0.6 is 0 Å². The average Bonchev–Trinajstić information content (AvgIpc) is 3.06. The third-order valence-electron chi connectivity index (χ3n) is 5.40. The van der Waals surface area contributed by atoms with E-state index in [0.29, 0.717) is 29.9 Å². The van der Waals surface area contributed by atoms with Crippen molar-refractivity contribution in [1.82, 2.24) is 4.98 Å². The zero-order valence-electron chi connectivity index (χ0n) is 16.0. The second-order valence-electron chi connectivity index (χ2n) is 7.53. The van der Waals surface area contributed by atoms with Gasteiger partial charge in [-0.1, -0.05) is 25.8 Å². The summed E-state index contributed by atoms with van der Waals surface area (Å²) in [5.74, 6) is 0.670. The first-order valence-corrected chi connectivity index (χ1v) is 9.63. The van der Waals surface area contributed by atoms with E-state index in [1.54, 1.807) is 12.1 Å². The lowest BCUT2D eigenvalue weighted by Crippen LogP contribution is -2.38. The maximum atomic E-state index is 13.1. The molecule has 8 heteroatoms. The second kappa shape index (κ2) is 7.24. The normalized spacial score (nSPS) is 23.3. The van der Waals surface area contributed by atoms with Gasteiger partial charge in [-0.3, -0.25) is 4.98 Å². The van der Waals surface area contributed by atoms with Crippen molar-refractivity contribution < 1.29 is 22.6 Å². The highest BCUT2D eigenvalue weighted by Gasteiger charge is 2.46. The van der Waals surface area contributed by atoms with Crippen molar-refractivity contribution in [3.63, 3.8) is 0 Å². The van der Waals surface area contributed by atoms with Crippen LogP contribution in [-0.2, 0) is 16.5 Å². The molecule has 29 heavy (non-hydrogen) atoms. The molecule has 4 rings (SSSR count). The van der Waals surface area contributed by atoms with Crippen molar-refractivity contribution in [2.45, 2.75) is 50.4 Å². The summed E-state index contributed by atoms with van der Waals surface area (Å²) in [7, 11) is 0. The molecule has 1 spiro atoms. The van der Waals surface area contributed by atoms with E-state index in [0.717, 1.165) is 37.1 Å². The quantitative estimate of drug-likeness (QED) is 0.804. The molecule has 0 saturated heterocycles. The zero-order chi connectivity index (χ0) is 20.6. The van der Waals surface area contributed by atoms with Gasteiger partial charge in [0.25, 0.3) is 6.02 Å². The summed E-state index contributed by atoms with van der Waals surface area (Å²) in [5, 5.41) is 0. The Morgan fingerprint density at radius 3 is 2.72 bits per heavy atom. The van der Waals surface area contributed by atoms with Crippen molar-refractivity contribution >= 4 is 6.02 Å². The fourth-order valence-corrected chi connectivity index (χ4v) is 3.94. The Labute approximate surface area is 166 Å². The summed E-state index contributed by atoms with van der Waals surface area (Å²) in [6.07, 6.45) is 1.37. The molecule has 2 N–H and O–H groups in total. The summed E-state index contributed by atoms with van der Waals surface area (Å²) in [6, 6.07) is 6.56. The Morgan fingerprint density at radius 1 is 1.21 bits per heavy atom. The van der Waals surface area contributed by atoms with Gasteiger partial charge in [0.2, 0.25) is 0 Å². The fraction of sp³-hybridized carbons (Fsp3) is 0.429. The van der Waals surface area contributed by atoms with Crippen LogP contribution in [0.1, 0.15) is 43.7 Å². The first kappa shape index (κ1) is 19.5. The molecular weight excluding hydrogens is 383 g/mol. The maximum absolute atomic E-state index is 13.1. The van der Waals surface area contributed by atoms with Crippen molar-refractivity contribution in [2.75, 3.05) is 6.61 Å². The van der Waals surface area contributed by atoms with E-state index < -0.39 is 17.3 Å². The van der Waals surface area contributed by atoms with Gasteiger partial charge in [0.1, 0.15) is 24.0 Å². The van der Waals surface area contributed by atoms with Crippen LogP contribution in [-0.4, -0.2) is 23.7 Å². The largest absolute Gasteiger partial charge is 0.490 e. The highest BCUT2D eigenvalue weighted by Crippen LogP contribution is 2.47. The Hall–Kier alpha value is -2.77. The second-order valence-corrected chi connectivity index (χ2v) is 7.53. The lowest BCUT2D eigenvalue weighted by molar-refractivity contribution is -0.137. The van der Waals surface area contributed by atoms with Crippen LogP contribution < -0.4 is 10.5 Å². The molecule has 2 aromatic rings. The van der Waals surface area contributed by atoms with Gasteiger partial charge in [-0.15, -0.1) is 0 Å². The fourth-order valence-electron chi connectivity index (χ4n) is 3.94. The Balaban J connectivity index is 1.75. The van der Waals surface area contributed by atoms with Gasteiger partial charge in [0, 0.05) is 29.9 Å². The first-order chi connectivity index (χ1) is 13.8. The predicted octanol–water partition coefficient (Wildman–Crippen LogP) is 4.65. The molecule has 0 aliphatic carbocycles. The van der Waals surface area contributed by atoms with Crippen LogP contribution in [0.3, 0.4) is 0 Å². The monoisotopic (exact) mass is 405 g/mol. The molecule has 154 valence electrons. The minimum Gasteiger partial charge on any atom is -0.490 e. The number of pyridine rings is 1. The SMILES string of the molecule is CCCCC1CC2(COC(N)=N2)c2cc(-c3cncc(C(F)(F)F)c3)ccc2O1. The molecule has 0 radical (unpaired) electrons.